The van der Waals surface area contributed by atoms with Gasteiger partial charge in [0.2, 0.25) is 0 Å². The van der Waals surface area contributed by atoms with Gasteiger partial charge in [-0.25, -0.2) is 9.97 Å². The first-order chi connectivity index (χ1) is 30.3. The van der Waals surface area contributed by atoms with Gasteiger partial charge in [0, 0.05) is 45.4 Å². The summed E-state index contributed by atoms with van der Waals surface area (Å²) in [7, 11) is 0. The highest BCUT2D eigenvalue weighted by atomic mass is 15.2. The lowest BCUT2D eigenvalue weighted by atomic mass is 9.82. The molecule has 0 fully saturated rings. The van der Waals surface area contributed by atoms with Gasteiger partial charge in [0.05, 0.1) is 11.4 Å². The van der Waals surface area contributed by atoms with Gasteiger partial charge in [-0.1, -0.05) is 149 Å². The van der Waals surface area contributed by atoms with Crippen LogP contribution in [0.15, 0.2) is 194 Å². The van der Waals surface area contributed by atoms with Crippen LogP contribution in [0.3, 0.4) is 0 Å². The molecule has 4 nitrogen and oxygen atoms in total. The lowest BCUT2D eigenvalue weighted by Gasteiger charge is -2.30. The molecule has 2 aliphatic rings. The smallest absolute Gasteiger partial charge is 0.137 e. The molecule has 10 aromatic rings. The quantitative estimate of drug-likeness (QED) is 0.157. The topological polar surface area (TPSA) is 32.3 Å². The van der Waals surface area contributed by atoms with Crippen LogP contribution >= 0.6 is 0 Å². The van der Waals surface area contributed by atoms with Gasteiger partial charge >= 0.3 is 0 Å². The summed E-state index contributed by atoms with van der Waals surface area (Å²) in [6.45, 7) is 9.38. The normalized spacial score (nSPS) is 14.1. The Labute approximate surface area is 362 Å². The first-order valence-corrected chi connectivity index (χ1v) is 21.6. The number of benzene rings is 8. The molecular formula is C58H44N4. The van der Waals surface area contributed by atoms with E-state index in [1.54, 1.807) is 0 Å². The van der Waals surface area contributed by atoms with Crippen LogP contribution in [0, 0.1) is 0 Å². The van der Waals surface area contributed by atoms with Crippen LogP contribution in [0.25, 0.3) is 54.6 Å². The second-order valence-corrected chi connectivity index (χ2v) is 17.8. The summed E-state index contributed by atoms with van der Waals surface area (Å²) in [6.07, 6.45) is 3.79. The van der Waals surface area contributed by atoms with Crippen molar-refractivity contribution in [2.75, 3.05) is 9.80 Å². The second kappa shape index (κ2) is 13.5. The van der Waals surface area contributed by atoms with Crippen LogP contribution in [0.1, 0.15) is 49.9 Å². The SMILES string of the molecule is CC1(C)c2ccccc2-c2ccc(N(c3ccccn3)c3cc4c5ccccc5c(N(c5ccc6c(c5)C(C)(C)c5ccccc5-6)c5ccccn5)cc4c4ccccc34)cc21. The zero-order chi connectivity index (χ0) is 41.7. The summed E-state index contributed by atoms with van der Waals surface area (Å²) < 4.78 is 0. The van der Waals surface area contributed by atoms with Gasteiger partial charge in [-0.3, -0.25) is 9.80 Å². The molecule has 0 amide bonds. The number of anilines is 6. The third kappa shape index (κ3) is 5.26. The molecule has 0 bridgehead atoms. The van der Waals surface area contributed by atoms with E-state index in [0.717, 1.165) is 45.2 Å². The van der Waals surface area contributed by atoms with Crippen molar-refractivity contribution in [3.05, 3.63) is 217 Å². The van der Waals surface area contributed by atoms with Gasteiger partial charge in [0.1, 0.15) is 11.6 Å². The number of pyridine rings is 2. The molecule has 0 aliphatic heterocycles. The second-order valence-electron chi connectivity index (χ2n) is 17.8. The van der Waals surface area contributed by atoms with E-state index < -0.39 is 0 Å². The minimum atomic E-state index is -0.145. The zero-order valence-corrected chi connectivity index (χ0v) is 35.3. The molecule has 0 atom stereocenters. The van der Waals surface area contributed by atoms with Crippen molar-refractivity contribution in [3.63, 3.8) is 0 Å². The maximum Gasteiger partial charge on any atom is 0.137 e. The van der Waals surface area contributed by atoms with Gasteiger partial charge in [-0.15, -0.1) is 0 Å². The fourth-order valence-corrected chi connectivity index (χ4v) is 10.7. The number of nitrogens with zero attached hydrogens (tertiary/aromatic N) is 4. The summed E-state index contributed by atoms with van der Waals surface area (Å²) in [4.78, 5) is 14.7. The zero-order valence-electron chi connectivity index (χ0n) is 35.3. The Balaban J connectivity index is 1.10. The van der Waals surface area contributed by atoms with E-state index in [4.69, 9.17) is 9.97 Å². The van der Waals surface area contributed by atoms with Crippen LogP contribution in [0.5, 0.6) is 0 Å². The van der Waals surface area contributed by atoms with E-state index in [2.05, 4.69) is 207 Å². The molecule has 0 spiro atoms. The van der Waals surface area contributed by atoms with Crippen LogP contribution in [0.4, 0.5) is 34.4 Å². The molecule has 8 aromatic carbocycles. The maximum absolute atomic E-state index is 5.02. The summed E-state index contributed by atoms with van der Waals surface area (Å²) in [5.74, 6) is 1.74. The first kappa shape index (κ1) is 36.3. The molecule has 2 aliphatic carbocycles. The molecule has 0 radical (unpaired) electrons. The Morgan fingerprint density at radius 3 is 1.11 bits per heavy atom. The Bertz CT molecular complexity index is 3190. The van der Waals surface area contributed by atoms with Gasteiger partial charge in [-0.2, -0.15) is 0 Å². The number of fused-ring (bicyclic) bond motifs is 11. The average molecular weight is 797 g/mol. The lowest BCUT2D eigenvalue weighted by molar-refractivity contribution is 0.660. The van der Waals surface area contributed by atoms with Crippen molar-refractivity contribution in [1.29, 1.82) is 0 Å². The third-order valence-electron chi connectivity index (χ3n) is 13.7. The van der Waals surface area contributed by atoms with Crippen molar-refractivity contribution in [3.8, 4) is 22.3 Å². The van der Waals surface area contributed by atoms with E-state index in [1.165, 1.54) is 66.1 Å². The van der Waals surface area contributed by atoms with Crippen LogP contribution in [-0.4, -0.2) is 9.97 Å². The van der Waals surface area contributed by atoms with Gasteiger partial charge in [0.15, 0.2) is 0 Å². The Hall–Kier alpha value is -7.56. The van der Waals surface area contributed by atoms with Crippen molar-refractivity contribution in [2.45, 2.75) is 38.5 Å². The standard InChI is InChI=1S/C58H44N4/c1-57(2)49-23-11-9-19-41(49)43-29-27-37(33-51(43)57)61(55-25-13-15-31-59-55)53-35-47-40-18-6-8-22-46(40)54(36-48(47)39-17-5-7-21-45(39)53)62(56-26-14-16-32-60-56)38-28-30-44-42-20-10-12-24-50(42)58(3,4)52(44)34-38/h5-36H,1-4H3. The number of hydrogen-bond donors (Lipinski definition) is 0. The Kier molecular flexibility index (Phi) is 7.89. The highest BCUT2D eigenvalue weighted by Gasteiger charge is 2.37. The van der Waals surface area contributed by atoms with E-state index in [1.807, 2.05) is 24.5 Å². The third-order valence-corrected chi connectivity index (χ3v) is 13.7. The molecule has 296 valence electrons. The van der Waals surface area contributed by atoms with Gasteiger partial charge in [-0.05, 0) is 127 Å². The Morgan fingerprint density at radius 1 is 0.323 bits per heavy atom. The monoisotopic (exact) mass is 796 g/mol. The fraction of sp³-hybridized carbons (Fsp3) is 0.103. The molecule has 0 unspecified atom stereocenters. The molecule has 0 saturated heterocycles. The molecule has 12 rings (SSSR count). The summed E-state index contributed by atoms with van der Waals surface area (Å²) in [5, 5.41) is 7.01. The predicted octanol–water partition coefficient (Wildman–Crippen LogP) is 15.5. The summed E-state index contributed by atoms with van der Waals surface area (Å²) in [5.41, 5.74) is 14.6. The summed E-state index contributed by atoms with van der Waals surface area (Å²) in [6, 6.07) is 66.5. The van der Waals surface area contributed by atoms with Crippen LogP contribution < -0.4 is 9.80 Å². The minimum Gasteiger partial charge on any atom is -0.294 e. The highest BCUT2D eigenvalue weighted by Crippen LogP contribution is 2.54. The van der Waals surface area contributed by atoms with Crippen LogP contribution in [0.2, 0.25) is 0 Å². The fourth-order valence-electron chi connectivity index (χ4n) is 10.7. The van der Waals surface area contributed by atoms with E-state index in [-0.39, 0.29) is 10.8 Å². The molecular weight excluding hydrogens is 753 g/mol. The number of rotatable bonds is 6. The molecule has 0 N–H and O–H groups in total. The predicted molar refractivity (Wildman–Crippen MR) is 259 cm³/mol. The van der Waals surface area contributed by atoms with Crippen molar-refractivity contribution in [1.82, 2.24) is 9.97 Å². The molecule has 4 heteroatoms. The van der Waals surface area contributed by atoms with E-state index in [9.17, 15) is 0 Å². The highest BCUT2D eigenvalue weighted by molar-refractivity contribution is 6.24. The van der Waals surface area contributed by atoms with E-state index in [0.29, 0.717) is 0 Å². The van der Waals surface area contributed by atoms with Crippen LogP contribution in [-0.2, 0) is 10.8 Å². The molecule has 2 aromatic heterocycles. The average Bonchev–Trinajstić information content (AvgIpc) is 3.69. The number of aromatic nitrogens is 2. The lowest BCUT2D eigenvalue weighted by Crippen LogP contribution is -2.17. The van der Waals surface area contributed by atoms with Crippen molar-refractivity contribution in [2.24, 2.45) is 0 Å². The van der Waals surface area contributed by atoms with Crippen molar-refractivity contribution >= 4 is 66.7 Å². The van der Waals surface area contributed by atoms with Gasteiger partial charge in [0.25, 0.3) is 0 Å². The van der Waals surface area contributed by atoms with E-state index >= 15 is 0 Å². The minimum absolute atomic E-state index is 0.145. The molecule has 0 saturated carbocycles. The molecule has 62 heavy (non-hydrogen) atoms. The largest absolute Gasteiger partial charge is 0.294 e. The Morgan fingerprint density at radius 2 is 0.694 bits per heavy atom. The molecule has 2 heterocycles. The maximum atomic E-state index is 5.02. The summed E-state index contributed by atoms with van der Waals surface area (Å²) >= 11 is 0. The number of hydrogen-bond acceptors (Lipinski definition) is 4. The first-order valence-electron chi connectivity index (χ1n) is 21.6. The van der Waals surface area contributed by atoms with Gasteiger partial charge < -0.3 is 0 Å². The van der Waals surface area contributed by atoms with Crippen molar-refractivity contribution < 1.29 is 0 Å².